The summed E-state index contributed by atoms with van der Waals surface area (Å²) in [4.78, 5) is 26.7. The van der Waals surface area contributed by atoms with Gasteiger partial charge in [-0.15, -0.1) is 0 Å². The SMILES string of the molecule is CCOC(=O)C(=O)N(C)Cc1cc[nH]c1. The summed E-state index contributed by atoms with van der Waals surface area (Å²) < 4.78 is 4.61. The Kier molecular flexibility index (Phi) is 3.91. The lowest BCUT2D eigenvalue weighted by atomic mass is 10.3. The molecule has 0 saturated heterocycles. The molecule has 0 aromatic carbocycles. The van der Waals surface area contributed by atoms with Crippen LogP contribution in [0.1, 0.15) is 12.5 Å². The summed E-state index contributed by atoms with van der Waals surface area (Å²) in [7, 11) is 1.56. The maximum Gasteiger partial charge on any atom is 0.397 e. The molecule has 1 aromatic heterocycles. The fourth-order valence-electron chi connectivity index (χ4n) is 1.15. The summed E-state index contributed by atoms with van der Waals surface area (Å²) in [5.41, 5.74) is 0.940. The fourth-order valence-corrected chi connectivity index (χ4v) is 1.15. The molecule has 82 valence electrons. The molecule has 1 rings (SSSR count). The Morgan fingerprint density at radius 1 is 1.53 bits per heavy atom. The number of H-pyrrole nitrogens is 1. The van der Waals surface area contributed by atoms with E-state index < -0.39 is 11.9 Å². The average molecular weight is 210 g/mol. The van der Waals surface area contributed by atoms with Crippen molar-refractivity contribution < 1.29 is 14.3 Å². The molecule has 0 radical (unpaired) electrons. The Balaban J connectivity index is 2.50. The van der Waals surface area contributed by atoms with E-state index in [0.717, 1.165) is 5.56 Å². The highest BCUT2D eigenvalue weighted by Crippen LogP contribution is 2.02. The molecule has 0 bridgehead atoms. The first-order chi connectivity index (χ1) is 7.15. The number of aromatic amines is 1. The van der Waals surface area contributed by atoms with E-state index in [9.17, 15) is 9.59 Å². The summed E-state index contributed by atoms with van der Waals surface area (Å²) in [6, 6.07) is 1.84. The zero-order valence-corrected chi connectivity index (χ0v) is 8.82. The van der Waals surface area contributed by atoms with Crippen LogP contribution < -0.4 is 0 Å². The van der Waals surface area contributed by atoms with E-state index in [4.69, 9.17) is 0 Å². The Morgan fingerprint density at radius 2 is 2.27 bits per heavy atom. The largest absolute Gasteiger partial charge is 0.459 e. The van der Waals surface area contributed by atoms with Crippen LogP contribution in [0.15, 0.2) is 18.5 Å². The molecule has 0 unspecified atom stereocenters. The molecule has 5 heteroatoms. The molecule has 0 aliphatic carbocycles. The molecule has 0 spiro atoms. The Hall–Kier alpha value is -1.78. The summed E-state index contributed by atoms with van der Waals surface area (Å²) in [5, 5.41) is 0. The van der Waals surface area contributed by atoms with Gasteiger partial charge in [0, 0.05) is 26.0 Å². The highest BCUT2D eigenvalue weighted by Gasteiger charge is 2.19. The van der Waals surface area contributed by atoms with Crippen LogP contribution in [0.2, 0.25) is 0 Å². The van der Waals surface area contributed by atoms with Gasteiger partial charge in [0.1, 0.15) is 0 Å². The molecule has 1 heterocycles. The second kappa shape index (κ2) is 5.19. The predicted molar refractivity (Wildman–Crippen MR) is 53.9 cm³/mol. The first kappa shape index (κ1) is 11.3. The van der Waals surface area contributed by atoms with Crippen molar-refractivity contribution in [1.82, 2.24) is 9.88 Å². The third-order valence-corrected chi connectivity index (χ3v) is 1.88. The Labute approximate surface area is 88.0 Å². The van der Waals surface area contributed by atoms with Gasteiger partial charge >= 0.3 is 11.9 Å². The van der Waals surface area contributed by atoms with E-state index in [0.29, 0.717) is 6.54 Å². The number of likely N-dealkylation sites (N-methyl/N-ethyl adjacent to an activating group) is 1. The topological polar surface area (TPSA) is 62.4 Å². The zero-order chi connectivity index (χ0) is 11.3. The van der Waals surface area contributed by atoms with Gasteiger partial charge in [0.05, 0.1) is 6.61 Å². The quantitative estimate of drug-likeness (QED) is 0.585. The summed E-state index contributed by atoms with van der Waals surface area (Å²) in [6.07, 6.45) is 3.53. The molecular weight excluding hydrogens is 196 g/mol. The van der Waals surface area contributed by atoms with Gasteiger partial charge in [-0.3, -0.25) is 4.79 Å². The number of carbonyl (C=O) groups excluding carboxylic acids is 2. The number of amides is 1. The van der Waals surface area contributed by atoms with Crippen molar-refractivity contribution in [2.45, 2.75) is 13.5 Å². The first-order valence-electron chi connectivity index (χ1n) is 4.69. The van der Waals surface area contributed by atoms with E-state index in [1.54, 1.807) is 26.4 Å². The van der Waals surface area contributed by atoms with E-state index in [-0.39, 0.29) is 6.61 Å². The third-order valence-electron chi connectivity index (χ3n) is 1.88. The lowest BCUT2D eigenvalue weighted by Crippen LogP contribution is -2.34. The van der Waals surface area contributed by atoms with Crippen molar-refractivity contribution in [2.24, 2.45) is 0 Å². The van der Waals surface area contributed by atoms with Crippen LogP contribution in [0.3, 0.4) is 0 Å². The van der Waals surface area contributed by atoms with Crippen LogP contribution in [0.25, 0.3) is 0 Å². The van der Waals surface area contributed by atoms with Crippen molar-refractivity contribution >= 4 is 11.9 Å². The van der Waals surface area contributed by atoms with Gasteiger partial charge in [-0.1, -0.05) is 0 Å². The van der Waals surface area contributed by atoms with E-state index >= 15 is 0 Å². The molecule has 1 aromatic rings. The molecule has 1 N–H and O–H groups in total. The molecular formula is C10H14N2O3. The fraction of sp³-hybridized carbons (Fsp3) is 0.400. The van der Waals surface area contributed by atoms with Crippen LogP contribution in [0.4, 0.5) is 0 Å². The maximum atomic E-state index is 11.4. The number of carbonyl (C=O) groups is 2. The molecule has 5 nitrogen and oxygen atoms in total. The molecule has 0 atom stereocenters. The van der Waals surface area contributed by atoms with Crippen LogP contribution in [0, 0.1) is 0 Å². The number of nitrogens with zero attached hydrogens (tertiary/aromatic N) is 1. The van der Waals surface area contributed by atoms with Crippen molar-refractivity contribution in [3.05, 3.63) is 24.0 Å². The number of ether oxygens (including phenoxy) is 1. The number of hydrogen-bond donors (Lipinski definition) is 1. The van der Waals surface area contributed by atoms with Crippen molar-refractivity contribution in [1.29, 1.82) is 0 Å². The number of rotatable bonds is 3. The highest BCUT2D eigenvalue weighted by molar-refractivity contribution is 6.32. The first-order valence-corrected chi connectivity index (χ1v) is 4.69. The highest BCUT2D eigenvalue weighted by atomic mass is 16.5. The van der Waals surface area contributed by atoms with Gasteiger partial charge in [-0.05, 0) is 18.6 Å². The summed E-state index contributed by atoms with van der Waals surface area (Å²) in [5.74, 6) is -1.44. The van der Waals surface area contributed by atoms with Crippen LogP contribution in [-0.2, 0) is 20.9 Å². The van der Waals surface area contributed by atoms with Gasteiger partial charge in [0.15, 0.2) is 0 Å². The van der Waals surface area contributed by atoms with E-state index in [1.807, 2.05) is 6.07 Å². The lowest BCUT2D eigenvalue weighted by molar-refractivity contribution is -0.159. The van der Waals surface area contributed by atoms with Gasteiger partial charge < -0.3 is 14.6 Å². The number of aromatic nitrogens is 1. The third kappa shape index (κ3) is 3.12. The van der Waals surface area contributed by atoms with E-state index in [1.165, 1.54) is 4.90 Å². The minimum atomic E-state index is -0.810. The standard InChI is InChI=1S/C10H14N2O3/c1-3-15-10(14)9(13)12(2)7-8-4-5-11-6-8/h4-6,11H,3,7H2,1-2H3. The smallest absolute Gasteiger partial charge is 0.397 e. The average Bonchev–Trinajstić information content (AvgIpc) is 2.69. The second-order valence-corrected chi connectivity index (χ2v) is 3.10. The zero-order valence-electron chi connectivity index (χ0n) is 8.82. The van der Waals surface area contributed by atoms with Crippen molar-refractivity contribution in [3.8, 4) is 0 Å². The monoisotopic (exact) mass is 210 g/mol. The van der Waals surface area contributed by atoms with Crippen LogP contribution >= 0.6 is 0 Å². The Morgan fingerprint density at radius 3 is 2.80 bits per heavy atom. The van der Waals surface area contributed by atoms with Crippen LogP contribution in [0.5, 0.6) is 0 Å². The minimum absolute atomic E-state index is 0.211. The molecule has 0 fully saturated rings. The lowest BCUT2D eigenvalue weighted by Gasteiger charge is -2.14. The summed E-state index contributed by atoms with van der Waals surface area (Å²) >= 11 is 0. The number of nitrogens with one attached hydrogen (secondary N) is 1. The molecule has 1 amide bonds. The van der Waals surface area contributed by atoms with Gasteiger partial charge in [0.25, 0.3) is 0 Å². The number of hydrogen-bond acceptors (Lipinski definition) is 3. The second-order valence-electron chi connectivity index (χ2n) is 3.10. The van der Waals surface area contributed by atoms with Gasteiger partial charge in [0.2, 0.25) is 0 Å². The molecule has 15 heavy (non-hydrogen) atoms. The summed E-state index contributed by atoms with van der Waals surface area (Å²) in [6.45, 7) is 2.26. The van der Waals surface area contributed by atoms with E-state index in [2.05, 4.69) is 9.72 Å². The maximum absolute atomic E-state index is 11.4. The normalized spacial score (nSPS) is 9.73. The number of esters is 1. The van der Waals surface area contributed by atoms with Gasteiger partial charge in [-0.2, -0.15) is 0 Å². The molecule has 0 saturated carbocycles. The van der Waals surface area contributed by atoms with Crippen LogP contribution in [-0.4, -0.2) is 35.4 Å². The van der Waals surface area contributed by atoms with Crippen molar-refractivity contribution in [3.63, 3.8) is 0 Å². The minimum Gasteiger partial charge on any atom is -0.459 e. The van der Waals surface area contributed by atoms with Gasteiger partial charge in [-0.25, -0.2) is 4.79 Å². The Bertz CT molecular complexity index is 332. The molecule has 0 aliphatic rings. The predicted octanol–water partition coefficient (Wildman–Crippen LogP) is 0.536. The molecule has 0 aliphatic heterocycles. The van der Waals surface area contributed by atoms with Crippen molar-refractivity contribution in [2.75, 3.05) is 13.7 Å².